The highest BCUT2D eigenvalue weighted by Crippen LogP contribution is 2.22. The fraction of sp³-hybridized carbons (Fsp3) is 0.381. The van der Waals surface area contributed by atoms with Crippen molar-refractivity contribution in [1.29, 1.82) is 0 Å². The lowest BCUT2D eigenvalue weighted by atomic mass is 10.0. The quantitative estimate of drug-likeness (QED) is 0.352. The highest BCUT2D eigenvalue weighted by molar-refractivity contribution is 14.0. The molecule has 1 fully saturated rings. The van der Waals surface area contributed by atoms with Gasteiger partial charge in [-0.05, 0) is 23.8 Å². The average molecular weight is 516 g/mol. The molecule has 1 aliphatic heterocycles. The van der Waals surface area contributed by atoms with Gasteiger partial charge in [-0.25, -0.2) is 8.78 Å². The third kappa shape index (κ3) is 6.90. The smallest absolute Gasteiger partial charge is 0.191 e. The molecule has 2 aromatic carbocycles. The summed E-state index contributed by atoms with van der Waals surface area (Å²) in [4.78, 5) is 6.49. The van der Waals surface area contributed by atoms with Crippen molar-refractivity contribution in [3.63, 3.8) is 0 Å². The van der Waals surface area contributed by atoms with E-state index in [1.807, 2.05) is 6.07 Å². The molecule has 29 heavy (non-hydrogen) atoms. The molecule has 0 aliphatic carbocycles. The first-order chi connectivity index (χ1) is 13.7. The van der Waals surface area contributed by atoms with Crippen molar-refractivity contribution in [3.05, 3.63) is 71.3 Å². The lowest BCUT2D eigenvalue weighted by Crippen LogP contribution is -2.46. The van der Waals surface area contributed by atoms with Crippen LogP contribution in [0.2, 0.25) is 0 Å². The van der Waals surface area contributed by atoms with Crippen molar-refractivity contribution in [2.75, 3.05) is 39.9 Å². The minimum absolute atomic E-state index is 0. The number of halogens is 3. The number of rotatable bonds is 6. The first-order valence-electron chi connectivity index (χ1n) is 9.42. The molecule has 1 unspecified atom stereocenters. The summed E-state index contributed by atoms with van der Waals surface area (Å²) in [5.74, 6) is 0.0622. The van der Waals surface area contributed by atoms with Gasteiger partial charge in [-0.3, -0.25) is 9.89 Å². The van der Waals surface area contributed by atoms with Gasteiger partial charge in [0.1, 0.15) is 11.6 Å². The molecule has 0 amide bonds. The van der Waals surface area contributed by atoms with Gasteiger partial charge in [0, 0.05) is 38.8 Å². The van der Waals surface area contributed by atoms with E-state index < -0.39 is 0 Å². The van der Waals surface area contributed by atoms with Crippen LogP contribution in [0.4, 0.5) is 8.78 Å². The summed E-state index contributed by atoms with van der Waals surface area (Å²) in [7, 11) is 1.67. The van der Waals surface area contributed by atoms with Crippen molar-refractivity contribution >= 4 is 29.9 Å². The van der Waals surface area contributed by atoms with Gasteiger partial charge >= 0.3 is 0 Å². The topological polar surface area (TPSA) is 48.9 Å². The van der Waals surface area contributed by atoms with Crippen molar-refractivity contribution in [1.82, 2.24) is 15.5 Å². The Morgan fingerprint density at radius 2 is 1.86 bits per heavy atom. The molecule has 2 aromatic rings. The summed E-state index contributed by atoms with van der Waals surface area (Å²) in [6.45, 7) is 3.75. The van der Waals surface area contributed by atoms with Crippen molar-refractivity contribution in [3.8, 4) is 0 Å². The van der Waals surface area contributed by atoms with Crippen molar-refractivity contribution in [2.45, 2.75) is 12.6 Å². The minimum Gasteiger partial charge on any atom is -0.379 e. The van der Waals surface area contributed by atoms with Crippen LogP contribution in [-0.2, 0) is 11.3 Å². The van der Waals surface area contributed by atoms with Crippen LogP contribution in [0.5, 0.6) is 0 Å². The molecule has 1 saturated heterocycles. The fourth-order valence-corrected chi connectivity index (χ4v) is 3.30. The molecular formula is C21H27F2IN4O. The fourth-order valence-electron chi connectivity index (χ4n) is 3.30. The zero-order valence-corrected chi connectivity index (χ0v) is 18.7. The van der Waals surface area contributed by atoms with E-state index in [1.54, 1.807) is 37.4 Å². The van der Waals surface area contributed by atoms with E-state index in [9.17, 15) is 8.78 Å². The van der Waals surface area contributed by atoms with Gasteiger partial charge < -0.3 is 15.4 Å². The zero-order chi connectivity index (χ0) is 19.8. The molecule has 2 N–H and O–H groups in total. The van der Waals surface area contributed by atoms with Crippen LogP contribution in [0.25, 0.3) is 0 Å². The number of guanidine groups is 1. The number of nitrogens with zero attached hydrogens (tertiary/aromatic N) is 2. The van der Waals surface area contributed by atoms with Gasteiger partial charge in [-0.15, -0.1) is 24.0 Å². The van der Waals surface area contributed by atoms with Gasteiger partial charge in [0.15, 0.2) is 5.96 Å². The molecule has 158 valence electrons. The first-order valence-corrected chi connectivity index (χ1v) is 9.42. The Hall–Kier alpha value is -1.78. The summed E-state index contributed by atoms with van der Waals surface area (Å²) in [5, 5.41) is 6.42. The molecule has 8 heteroatoms. The molecule has 0 spiro atoms. The van der Waals surface area contributed by atoms with Crippen LogP contribution in [-0.4, -0.2) is 50.8 Å². The maximum absolute atomic E-state index is 13.8. The average Bonchev–Trinajstić information content (AvgIpc) is 2.72. The van der Waals surface area contributed by atoms with E-state index in [0.717, 1.165) is 18.7 Å². The van der Waals surface area contributed by atoms with E-state index in [2.05, 4.69) is 20.5 Å². The van der Waals surface area contributed by atoms with E-state index >= 15 is 0 Å². The van der Waals surface area contributed by atoms with E-state index in [-0.39, 0.29) is 41.7 Å². The van der Waals surface area contributed by atoms with Crippen molar-refractivity contribution in [2.24, 2.45) is 4.99 Å². The van der Waals surface area contributed by atoms with Crippen LogP contribution in [0.15, 0.2) is 53.5 Å². The molecule has 3 rings (SSSR count). The Morgan fingerprint density at radius 1 is 1.10 bits per heavy atom. The van der Waals surface area contributed by atoms with Crippen molar-refractivity contribution < 1.29 is 13.5 Å². The standard InChI is InChI=1S/C21H26F2N4O.HI/c1-24-21(25-14-17-5-2-3-8-19(17)23)26-15-20(27-9-11-28-12-10-27)16-6-4-7-18(22)13-16;/h2-8,13,20H,9-12,14-15H2,1H3,(H2,24,25,26);1H. The van der Waals surface area contributed by atoms with Crippen LogP contribution < -0.4 is 10.6 Å². The highest BCUT2D eigenvalue weighted by atomic mass is 127. The molecule has 0 bridgehead atoms. The molecule has 1 heterocycles. The maximum atomic E-state index is 13.8. The summed E-state index contributed by atoms with van der Waals surface area (Å²) >= 11 is 0. The number of nitrogens with one attached hydrogen (secondary N) is 2. The Kier molecular flexibility index (Phi) is 9.75. The largest absolute Gasteiger partial charge is 0.379 e. The molecule has 5 nitrogen and oxygen atoms in total. The van der Waals surface area contributed by atoms with Gasteiger partial charge in [-0.1, -0.05) is 30.3 Å². The SMILES string of the molecule is CN=C(NCc1ccccc1F)NCC(c1cccc(F)c1)N1CCOCC1.I. The second-order valence-electron chi connectivity index (χ2n) is 6.62. The van der Waals surface area contributed by atoms with Crippen LogP contribution in [0.1, 0.15) is 17.2 Å². The second-order valence-corrected chi connectivity index (χ2v) is 6.62. The van der Waals surface area contributed by atoms with Crippen LogP contribution in [0.3, 0.4) is 0 Å². The molecule has 1 atom stereocenters. The second kappa shape index (κ2) is 12.0. The third-order valence-corrected chi connectivity index (χ3v) is 4.81. The monoisotopic (exact) mass is 516 g/mol. The number of hydrogen-bond donors (Lipinski definition) is 2. The Bertz CT molecular complexity index is 800. The highest BCUT2D eigenvalue weighted by Gasteiger charge is 2.23. The molecule has 0 saturated carbocycles. The number of hydrogen-bond acceptors (Lipinski definition) is 3. The summed E-state index contributed by atoms with van der Waals surface area (Å²) in [6.07, 6.45) is 0. The molecular weight excluding hydrogens is 489 g/mol. The van der Waals surface area contributed by atoms with Gasteiger partial charge in [-0.2, -0.15) is 0 Å². The lowest BCUT2D eigenvalue weighted by molar-refractivity contribution is 0.0169. The van der Waals surface area contributed by atoms with Gasteiger partial charge in [0.2, 0.25) is 0 Å². The lowest BCUT2D eigenvalue weighted by Gasteiger charge is -2.35. The van der Waals surface area contributed by atoms with Crippen LogP contribution >= 0.6 is 24.0 Å². The van der Waals surface area contributed by atoms with Gasteiger partial charge in [0.25, 0.3) is 0 Å². The summed E-state index contributed by atoms with van der Waals surface area (Å²) in [6, 6.07) is 13.3. The normalized spacial score (nSPS) is 16.0. The molecule has 0 radical (unpaired) electrons. The number of ether oxygens (including phenoxy) is 1. The molecule has 1 aliphatic rings. The predicted octanol–water partition coefficient (Wildman–Crippen LogP) is 3.32. The number of morpholine rings is 1. The third-order valence-electron chi connectivity index (χ3n) is 4.81. The van der Waals surface area contributed by atoms with Crippen LogP contribution in [0, 0.1) is 11.6 Å². The minimum atomic E-state index is -0.253. The zero-order valence-electron chi connectivity index (χ0n) is 16.4. The Balaban J connectivity index is 0.00000300. The van der Waals surface area contributed by atoms with E-state index in [4.69, 9.17) is 4.74 Å². The molecule has 0 aromatic heterocycles. The summed E-state index contributed by atoms with van der Waals surface area (Å²) < 4.78 is 33.0. The first kappa shape index (κ1) is 23.5. The summed E-state index contributed by atoms with van der Waals surface area (Å²) in [5.41, 5.74) is 1.47. The van der Waals surface area contributed by atoms with Gasteiger partial charge in [0.05, 0.1) is 19.3 Å². The number of aliphatic imine (C=N–C) groups is 1. The Labute approximate surface area is 187 Å². The maximum Gasteiger partial charge on any atom is 0.191 e. The number of benzene rings is 2. The van der Waals surface area contributed by atoms with E-state index in [0.29, 0.717) is 37.8 Å². The predicted molar refractivity (Wildman–Crippen MR) is 122 cm³/mol. The van der Waals surface area contributed by atoms with E-state index in [1.165, 1.54) is 12.1 Å². The Morgan fingerprint density at radius 3 is 2.55 bits per heavy atom.